The Balaban J connectivity index is 2.23. The number of ketones is 1. The van der Waals surface area contributed by atoms with Gasteiger partial charge in [-0.2, -0.15) is 0 Å². The van der Waals surface area contributed by atoms with Crippen molar-refractivity contribution < 1.29 is 9.22 Å². The lowest BCUT2D eigenvalue weighted by molar-refractivity contribution is -0.120. The molecule has 0 unspecified atom stereocenters. The van der Waals surface area contributed by atoms with E-state index in [0.717, 1.165) is 19.3 Å². The predicted molar refractivity (Wildman–Crippen MR) is 89.7 cm³/mol. The molecule has 2 rings (SSSR count). The highest BCUT2D eigenvalue weighted by molar-refractivity contribution is 6.69. The van der Waals surface area contributed by atoms with Crippen molar-refractivity contribution in [2.75, 3.05) is 0 Å². The Morgan fingerprint density at radius 1 is 1.24 bits per heavy atom. The highest BCUT2D eigenvalue weighted by Crippen LogP contribution is 2.36. The van der Waals surface area contributed by atoms with Crippen molar-refractivity contribution in [3.63, 3.8) is 0 Å². The maximum atomic E-state index is 11.5. The SMILES string of the molecule is CC(=O)[C@@H]1CC=C([C@H](O[Si](C)(C)C)c2ccccc2)CC1. The molecule has 0 spiro atoms. The lowest BCUT2D eigenvalue weighted by Gasteiger charge is -2.31. The Hall–Kier alpha value is -1.19. The Labute approximate surface area is 129 Å². The summed E-state index contributed by atoms with van der Waals surface area (Å²) in [5.41, 5.74) is 2.58. The molecule has 0 bridgehead atoms. The van der Waals surface area contributed by atoms with Gasteiger partial charge in [-0.1, -0.05) is 36.4 Å². The van der Waals surface area contributed by atoms with E-state index in [2.05, 4.69) is 50.0 Å². The topological polar surface area (TPSA) is 26.3 Å². The second kappa shape index (κ2) is 6.71. The largest absolute Gasteiger partial charge is 0.407 e. The van der Waals surface area contributed by atoms with Gasteiger partial charge in [0.25, 0.3) is 0 Å². The zero-order valence-corrected chi connectivity index (χ0v) is 14.6. The minimum atomic E-state index is -1.63. The van der Waals surface area contributed by atoms with E-state index in [1.165, 1.54) is 11.1 Å². The summed E-state index contributed by atoms with van der Waals surface area (Å²) in [6.45, 7) is 8.39. The number of Topliss-reactive ketones (excluding diaryl/α,β-unsaturated/α-hetero) is 1. The van der Waals surface area contributed by atoms with Crippen LogP contribution >= 0.6 is 0 Å². The summed E-state index contributed by atoms with van der Waals surface area (Å²) in [4.78, 5) is 11.5. The van der Waals surface area contributed by atoms with E-state index in [4.69, 9.17) is 4.43 Å². The first kappa shape index (κ1) is 16.2. The Bertz CT molecular complexity index is 514. The lowest BCUT2D eigenvalue weighted by Crippen LogP contribution is -2.29. The fourth-order valence-corrected chi connectivity index (χ4v) is 3.80. The van der Waals surface area contributed by atoms with Crippen molar-refractivity contribution in [1.82, 2.24) is 0 Å². The molecule has 21 heavy (non-hydrogen) atoms. The molecule has 0 N–H and O–H groups in total. The molecule has 1 aliphatic rings. The molecule has 2 atom stereocenters. The molecule has 0 radical (unpaired) electrons. The first-order chi connectivity index (χ1) is 9.87. The number of carbonyl (C=O) groups is 1. The molecule has 0 saturated carbocycles. The van der Waals surface area contributed by atoms with Crippen LogP contribution < -0.4 is 0 Å². The average Bonchev–Trinajstić information content (AvgIpc) is 2.45. The van der Waals surface area contributed by atoms with Crippen LogP contribution in [0.1, 0.15) is 37.9 Å². The van der Waals surface area contributed by atoms with Crippen LogP contribution in [0.25, 0.3) is 0 Å². The van der Waals surface area contributed by atoms with Gasteiger partial charge in [0.15, 0.2) is 8.32 Å². The molecule has 0 amide bonds. The number of allylic oxidation sites excluding steroid dienone is 1. The van der Waals surface area contributed by atoms with E-state index >= 15 is 0 Å². The van der Waals surface area contributed by atoms with Crippen molar-refractivity contribution in [2.45, 2.75) is 51.9 Å². The Morgan fingerprint density at radius 2 is 1.90 bits per heavy atom. The van der Waals surface area contributed by atoms with Crippen molar-refractivity contribution in [3.8, 4) is 0 Å². The van der Waals surface area contributed by atoms with Crippen LogP contribution in [-0.2, 0) is 9.22 Å². The third kappa shape index (κ3) is 4.65. The standard InChI is InChI=1S/C18H26O2Si/c1-14(19)15-10-12-17(13-11-15)18(20-21(2,3)4)16-8-6-5-7-9-16/h5-9,12,15,18H,10-11,13H2,1-4H3/t15-,18-/m1/s1. The van der Waals surface area contributed by atoms with Gasteiger partial charge < -0.3 is 4.43 Å². The summed E-state index contributed by atoms with van der Waals surface area (Å²) < 4.78 is 6.44. The first-order valence-electron chi connectivity index (χ1n) is 7.79. The molecular formula is C18H26O2Si. The minimum Gasteiger partial charge on any atom is -0.407 e. The second-order valence-corrected chi connectivity index (χ2v) is 11.3. The third-order valence-electron chi connectivity index (χ3n) is 3.93. The van der Waals surface area contributed by atoms with Gasteiger partial charge in [0.2, 0.25) is 0 Å². The lowest BCUT2D eigenvalue weighted by atomic mass is 9.84. The molecule has 3 heteroatoms. The van der Waals surface area contributed by atoms with Crippen LogP contribution in [0.4, 0.5) is 0 Å². The smallest absolute Gasteiger partial charge is 0.185 e. The van der Waals surface area contributed by atoms with Gasteiger partial charge in [-0.15, -0.1) is 0 Å². The monoisotopic (exact) mass is 302 g/mol. The number of hydrogen-bond acceptors (Lipinski definition) is 2. The molecule has 114 valence electrons. The maximum absolute atomic E-state index is 11.5. The van der Waals surface area contributed by atoms with Crippen LogP contribution in [0.3, 0.4) is 0 Å². The summed E-state index contributed by atoms with van der Waals surface area (Å²) >= 11 is 0. The van der Waals surface area contributed by atoms with Gasteiger partial charge in [-0.05, 0) is 57.0 Å². The highest BCUT2D eigenvalue weighted by Gasteiger charge is 2.28. The van der Waals surface area contributed by atoms with E-state index in [-0.39, 0.29) is 12.0 Å². The third-order valence-corrected chi connectivity index (χ3v) is 4.87. The van der Waals surface area contributed by atoms with Crippen LogP contribution in [-0.4, -0.2) is 14.1 Å². The summed E-state index contributed by atoms with van der Waals surface area (Å²) in [5.74, 6) is 0.518. The zero-order chi connectivity index (χ0) is 15.5. The van der Waals surface area contributed by atoms with E-state index in [1.54, 1.807) is 6.92 Å². The van der Waals surface area contributed by atoms with E-state index in [1.807, 2.05) is 6.07 Å². The summed E-state index contributed by atoms with van der Waals surface area (Å²) in [7, 11) is -1.63. The van der Waals surface area contributed by atoms with Gasteiger partial charge in [0, 0.05) is 5.92 Å². The summed E-state index contributed by atoms with van der Waals surface area (Å²) in [6, 6.07) is 10.5. The molecule has 1 aliphatic carbocycles. The molecule has 0 fully saturated rings. The Morgan fingerprint density at radius 3 is 2.38 bits per heavy atom. The molecule has 2 nitrogen and oxygen atoms in total. The van der Waals surface area contributed by atoms with Crippen molar-refractivity contribution >= 4 is 14.1 Å². The summed E-state index contributed by atoms with van der Waals surface area (Å²) in [5, 5.41) is 0. The fourth-order valence-electron chi connectivity index (χ4n) is 2.80. The van der Waals surface area contributed by atoms with Crippen LogP contribution in [0.2, 0.25) is 19.6 Å². The number of carbonyl (C=O) groups excluding carboxylic acids is 1. The number of rotatable bonds is 5. The van der Waals surface area contributed by atoms with E-state index in [0.29, 0.717) is 5.78 Å². The number of hydrogen-bond donors (Lipinski definition) is 0. The zero-order valence-electron chi connectivity index (χ0n) is 13.6. The molecule has 1 aromatic carbocycles. The van der Waals surface area contributed by atoms with Gasteiger partial charge in [0.1, 0.15) is 5.78 Å². The molecule has 1 aromatic rings. The van der Waals surface area contributed by atoms with Crippen LogP contribution in [0.15, 0.2) is 42.0 Å². The van der Waals surface area contributed by atoms with E-state index < -0.39 is 8.32 Å². The van der Waals surface area contributed by atoms with Crippen LogP contribution in [0, 0.1) is 5.92 Å². The average molecular weight is 302 g/mol. The van der Waals surface area contributed by atoms with Gasteiger partial charge in [0.05, 0.1) is 6.10 Å². The van der Waals surface area contributed by atoms with E-state index in [9.17, 15) is 4.79 Å². The fraction of sp³-hybridized carbons (Fsp3) is 0.500. The van der Waals surface area contributed by atoms with Crippen molar-refractivity contribution in [2.24, 2.45) is 5.92 Å². The van der Waals surface area contributed by atoms with Gasteiger partial charge in [-0.25, -0.2) is 0 Å². The quantitative estimate of drug-likeness (QED) is 0.571. The normalized spacial score (nSPS) is 20.8. The summed E-state index contributed by atoms with van der Waals surface area (Å²) in [6.07, 6.45) is 5.09. The maximum Gasteiger partial charge on any atom is 0.185 e. The molecule has 0 heterocycles. The molecule has 0 saturated heterocycles. The second-order valence-electron chi connectivity index (χ2n) is 6.88. The van der Waals surface area contributed by atoms with Gasteiger partial charge >= 0.3 is 0 Å². The molecule has 0 aromatic heterocycles. The first-order valence-corrected chi connectivity index (χ1v) is 11.2. The molecule has 0 aliphatic heterocycles. The predicted octanol–water partition coefficient (Wildman–Crippen LogP) is 4.89. The minimum absolute atomic E-state index is 0.0609. The van der Waals surface area contributed by atoms with Gasteiger partial charge in [-0.3, -0.25) is 4.79 Å². The highest BCUT2D eigenvalue weighted by atomic mass is 28.4. The van der Waals surface area contributed by atoms with Crippen molar-refractivity contribution in [1.29, 1.82) is 0 Å². The van der Waals surface area contributed by atoms with Crippen molar-refractivity contribution in [3.05, 3.63) is 47.5 Å². The van der Waals surface area contributed by atoms with Crippen LogP contribution in [0.5, 0.6) is 0 Å². The Kier molecular flexibility index (Phi) is 5.17. The number of benzene rings is 1. The molecular weight excluding hydrogens is 276 g/mol.